The Morgan fingerprint density at radius 3 is 2.47 bits per heavy atom. The van der Waals surface area contributed by atoms with Crippen LogP contribution in [0.3, 0.4) is 0 Å². The van der Waals surface area contributed by atoms with Gasteiger partial charge in [0.05, 0.1) is 17.6 Å². The van der Waals surface area contributed by atoms with Crippen LogP contribution < -0.4 is 20.7 Å². The molecule has 3 aromatic carbocycles. The van der Waals surface area contributed by atoms with Crippen LogP contribution in [-0.2, 0) is 11.3 Å². The van der Waals surface area contributed by atoms with Crippen molar-refractivity contribution in [3.05, 3.63) is 83.7 Å². The Morgan fingerprint density at radius 2 is 1.82 bits per heavy atom. The van der Waals surface area contributed by atoms with Gasteiger partial charge in [0.1, 0.15) is 17.4 Å². The molecule has 198 valence electrons. The number of carboxylic acid groups (broad SMARTS) is 1. The maximum Gasteiger partial charge on any atom is 0.419 e. The monoisotopic (exact) mass is 536 g/mol. The molecular formula is C27H29ClN6O4. The van der Waals surface area contributed by atoms with Crippen LogP contribution in [0.15, 0.2) is 66.7 Å². The highest BCUT2D eigenvalue weighted by Crippen LogP contribution is 2.27. The number of para-hydroxylation sites is 1. The first-order valence-electron chi connectivity index (χ1n) is 11.7. The van der Waals surface area contributed by atoms with E-state index in [0.717, 1.165) is 11.2 Å². The fourth-order valence-electron chi connectivity index (χ4n) is 3.86. The average Bonchev–Trinajstić information content (AvgIpc) is 3.31. The number of nitrogen functional groups attached to an aromatic ring is 1. The third kappa shape index (κ3) is 6.80. The number of carboxylic acids is 1. The predicted octanol–water partition coefficient (Wildman–Crippen LogP) is 5.06. The van der Waals surface area contributed by atoms with Crippen LogP contribution >= 0.6 is 12.4 Å². The fourth-order valence-corrected chi connectivity index (χ4v) is 3.86. The topological polar surface area (TPSA) is 157 Å². The third-order valence-electron chi connectivity index (χ3n) is 5.82. The molecule has 1 heterocycles. The second-order valence-corrected chi connectivity index (χ2v) is 8.47. The van der Waals surface area contributed by atoms with Crippen molar-refractivity contribution in [1.29, 1.82) is 5.41 Å². The van der Waals surface area contributed by atoms with Crippen molar-refractivity contribution in [1.82, 2.24) is 9.97 Å². The maximum absolute atomic E-state index is 13.1. The number of H-pyrrole nitrogens is 1. The molecule has 0 fully saturated rings. The van der Waals surface area contributed by atoms with Gasteiger partial charge in [0, 0.05) is 35.5 Å². The number of aryl methyl sites for hydroxylation is 1. The van der Waals surface area contributed by atoms with E-state index in [9.17, 15) is 9.59 Å². The highest BCUT2D eigenvalue weighted by atomic mass is 35.5. The number of hydrogen-bond donors (Lipinski definition) is 5. The average molecular weight is 537 g/mol. The predicted molar refractivity (Wildman–Crippen MR) is 150 cm³/mol. The lowest BCUT2D eigenvalue weighted by molar-refractivity contribution is -0.137. The van der Waals surface area contributed by atoms with Gasteiger partial charge in [-0.15, -0.1) is 12.4 Å². The second kappa shape index (κ2) is 12.6. The van der Waals surface area contributed by atoms with Gasteiger partial charge in [-0.3, -0.25) is 15.1 Å². The van der Waals surface area contributed by atoms with Gasteiger partial charge >= 0.3 is 12.1 Å². The Bertz CT molecular complexity index is 1420. The quantitative estimate of drug-likeness (QED) is 0.140. The molecule has 4 rings (SSSR count). The lowest BCUT2D eigenvalue weighted by Crippen LogP contribution is -2.34. The number of carbonyl (C=O) groups is 2. The highest BCUT2D eigenvalue weighted by Gasteiger charge is 2.20. The number of nitrogens with zero attached hydrogens (tertiary/aromatic N) is 2. The van der Waals surface area contributed by atoms with Gasteiger partial charge in [0.15, 0.2) is 0 Å². The van der Waals surface area contributed by atoms with E-state index in [2.05, 4.69) is 15.3 Å². The van der Waals surface area contributed by atoms with Crippen molar-refractivity contribution in [3.8, 4) is 5.75 Å². The van der Waals surface area contributed by atoms with Gasteiger partial charge in [-0.25, -0.2) is 9.78 Å². The SMILES string of the molecule is Cc1c(OC(=O)N(CCCC(=O)O)c2ccccc2)ccc2[nH]c(CNc3ccc(C(=N)N)cc3)nc12.Cl. The summed E-state index contributed by atoms with van der Waals surface area (Å²) in [5.74, 6) is 0.182. The number of aliphatic carboxylic acids is 1. The lowest BCUT2D eigenvalue weighted by Gasteiger charge is -2.22. The van der Waals surface area contributed by atoms with Crippen molar-refractivity contribution in [3.63, 3.8) is 0 Å². The molecule has 11 heteroatoms. The highest BCUT2D eigenvalue weighted by molar-refractivity contribution is 5.95. The molecule has 1 aromatic heterocycles. The van der Waals surface area contributed by atoms with E-state index in [1.807, 2.05) is 25.1 Å². The Morgan fingerprint density at radius 1 is 1.11 bits per heavy atom. The smallest absolute Gasteiger partial charge is 0.419 e. The largest absolute Gasteiger partial charge is 0.481 e. The van der Waals surface area contributed by atoms with Gasteiger partial charge in [0.2, 0.25) is 0 Å². The van der Waals surface area contributed by atoms with E-state index in [4.69, 9.17) is 21.0 Å². The number of carbonyl (C=O) groups excluding carboxylic acids is 1. The zero-order chi connectivity index (χ0) is 26.4. The number of anilines is 2. The molecule has 0 bridgehead atoms. The van der Waals surface area contributed by atoms with E-state index in [0.29, 0.717) is 46.9 Å². The van der Waals surface area contributed by atoms with Crippen LogP contribution in [0.5, 0.6) is 5.75 Å². The third-order valence-corrected chi connectivity index (χ3v) is 5.82. The van der Waals surface area contributed by atoms with Crippen LogP contribution in [0.2, 0.25) is 0 Å². The molecule has 10 nitrogen and oxygen atoms in total. The molecule has 0 unspecified atom stereocenters. The van der Waals surface area contributed by atoms with Gasteiger partial charge in [-0.05, 0) is 61.9 Å². The van der Waals surface area contributed by atoms with Crippen LogP contribution in [0, 0.1) is 12.3 Å². The molecule has 6 N–H and O–H groups in total. The van der Waals surface area contributed by atoms with Crippen LogP contribution in [0.25, 0.3) is 11.0 Å². The summed E-state index contributed by atoms with van der Waals surface area (Å²) in [5, 5.41) is 19.7. The van der Waals surface area contributed by atoms with E-state index < -0.39 is 12.1 Å². The standard InChI is InChI=1S/C27H28N6O4.ClH/c1-17-22(37-27(36)33(15-5-8-24(34)35)20-6-3-2-4-7-20)14-13-21-25(17)32-23(31-21)16-30-19-11-9-18(10-12-19)26(28)29;/h2-4,6-7,9-14,30H,5,8,15-16H2,1H3,(H3,28,29)(H,31,32)(H,34,35);1H. The number of fused-ring (bicyclic) bond motifs is 1. The molecule has 4 aromatic rings. The minimum atomic E-state index is -0.917. The van der Waals surface area contributed by atoms with Crippen LogP contribution in [-0.4, -0.2) is 39.5 Å². The molecule has 0 spiro atoms. The fraction of sp³-hybridized carbons (Fsp3) is 0.185. The zero-order valence-electron chi connectivity index (χ0n) is 20.7. The Labute approximate surface area is 225 Å². The number of nitrogens with one attached hydrogen (secondary N) is 3. The van der Waals surface area contributed by atoms with Gasteiger partial charge in [0.25, 0.3) is 0 Å². The van der Waals surface area contributed by atoms with E-state index in [1.165, 1.54) is 4.90 Å². The number of ether oxygens (including phenoxy) is 1. The number of rotatable bonds is 10. The Kier molecular flexibility index (Phi) is 9.28. The minimum Gasteiger partial charge on any atom is -0.481 e. The van der Waals surface area contributed by atoms with E-state index in [-0.39, 0.29) is 31.2 Å². The molecule has 0 saturated heterocycles. The van der Waals surface area contributed by atoms with Crippen molar-refractivity contribution >= 4 is 52.7 Å². The minimum absolute atomic E-state index is 0. The summed E-state index contributed by atoms with van der Waals surface area (Å²) in [4.78, 5) is 33.4. The number of hydrogen-bond acceptors (Lipinski definition) is 6. The Balaban J connectivity index is 0.00000400. The summed E-state index contributed by atoms with van der Waals surface area (Å²) in [6.07, 6.45) is -0.345. The molecule has 0 atom stereocenters. The lowest BCUT2D eigenvalue weighted by atomic mass is 10.2. The summed E-state index contributed by atoms with van der Waals surface area (Å²) >= 11 is 0. The first-order valence-corrected chi connectivity index (χ1v) is 11.7. The molecule has 0 saturated carbocycles. The summed E-state index contributed by atoms with van der Waals surface area (Å²) in [6.45, 7) is 2.48. The number of amidine groups is 1. The first-order chi connectivity index (χ1) is 17.8. The van der Waals surface area contributed by atoms with Crippen LogP contribution in [0.4, 0.5) is 16.2 Å². The van der Waals surface area contributed by atoms with Gasteiger partial charge in [-0.1, -0.05) is 18.2 Å². The van der Waals surface area contributed by atoms with Crippen molar-refractivity contribution in [2.75, 3.05) is 16.8 Å². The maximum atomic E-state index is 13.1. The Hall–Kier alpha value is -4.57. The van der Waals surface area contributed by atoms with Crippen molar-refractivity contribution < 1.29 is 19.4 Å². The van der Waals surface area contributed by atoms with Gasteiger partial charge < -0.3 is 25.9 Å². The van der Waals surface area contributed by atoms with E-state index >= 15 is 0 Å². The van der Waals surface area contributed by atoms with E-state index in [1.54, 1.807) is 48.5 Å². The number of aromatic amines is 1. The summed E-state index contributed by atoms with van der Waals surface area (Å²) in [5.41, 5.74) is 9.84. The zero-order valence-corrected chi connectivity index (χ0v) is 21.5. The number of imidazole rings is 1. The molecule has 1 amide bonds. The molecule has 0 aliphatic heterocycles. The number of aromatic nitrogens is 2. The summed E-state index contributed by atoms with van der Waals surface area (Å²) < 4.78 is 5.74. The summed E-state index contributed by atoms with van der Waals surface area (Å²) in [7, 11) is 0. The second-order valence-electron chi connectivity index (χ2n) is 8.47. The number of benzene rings is 3. The normalized spacial score (nSPS) is 10.4. The van der Waals surface area contributed by atoms with Crippen molar-refractivity contribution in [2.24, 2.45) is 5.73 Å². The summed E-state index contributed by atoms with van der Waals surface area (Å²) in [6, 6.07) is 19.8. The van der Waals surface area contributed by atoms with Crippen molar-refractivity contribution in [2.45, 2.75) is 26.3 Å². The molecular weight excluding hydrogens is 508 g/mol. The number of nitrogens with two attached hydrogens (primary N) is 1. The molecule has 0 radical (unpaired) electrons. The van der Waals surface area contributed by atoms with Gasteiger partial charge in [-0.2, -0.15) is 0 Å². The van der Waals surface area contributed by atoms with Crippen LogP contribution in [0.1, 0.15) is 29.8 Å². The number of amides is 1. The number of halogens is 1. The molecule has 0 aliphatic rings. The molecule has 38 heavy (non-hydrogen) atoms. The first kappa shape index (κ1) is 28.0. The molecule has 0 aliphatic carbocycles.